The molecule has 0 radical (unpaired) electrons. The first-order valence-electron chi connectivity index (χ1n) is 6.94. The molecule has 0 bridgehead atoms. The average molecular weight is 279 g/mol. The van der Waals surface area contributed by atoms with Gasteiger partial charge < -0.3 is 15.2 Å². The number of hydrogen-bond donors (Lipinski definition) is 2. The van der Waals surface area contributed by atoms with Crippen LogP contribution in [0.5, 0.6) is 5.75 Å². The summed E-state index contributed by atoms with van der Waals surface area (Å²) in [5.74, 6) is 0.985. The van der Waals surface area contributed by atoms with Crippen LogP contribution in [-0.2, 0) is 4.79 Å². The Kier molecular flexibility index (Phi) is 6.02. The maximum absolute atomic E-state index is 11.6. The Hall–Kier alpha value is -1.55. The second kappa shape index (κ2) is 7.29. The summed E-state index contributed by atoms with van der Waals surface area (Å²) in [6, 6.07) is 7.76. The fourth-order valence-corrected chi connectivity index (χ4v) is 1.54. The summed E-state index contributed by atoms with van der Waals surface area (Å²) in [4.78, 5) is 11.6. The lowest BCUT2D eigenvalue weighted by atomic mass is 9.95. The first-order valence-corrected chi connectivity index (χ1v) is 6.94. The van der Waals surface area contributed by atoms with Gasteiger partial charge in [-0.2, -0.15) is 0 Å². The van der Waals surface area contributed by atoms with E-state index < -0.39 is 0 Å². The van der Waals surface area contributed by atoms with E-state index in [1.54, 1.807) is 0 Å². The van der Waals surface area contributed by atoms with Crippen molar-refractivity contribution in [1.82, 2.24) is 5.32 Å². The molecule has 2 N–H and O–H groups in total. The molecule has 4 heteroatoms. The molecule has 4 nitrogen and oxygen atoms in total. The van der Waals surface area contributed by atoms with Crippen molar-refractivity contribution >= 4 is 5.91 Å². The van der Waals surface area contributed by atoms with Gasteiger partial charge in [0, 0.05) is 18.6 Å². The van der Waals surface area contributed by atoms with Crippen molar-refractivity contribution in [1.29, 1.82) is 0 Å². The van der Waals surface area contributed by atoms with Crippen LogP contribution in [-0.4, -0.2) is 30.8 Å². The van der Waals surface area contributed by atoms with Crippen molar-refractivity contribution in [2.24, 2.45) is 5.41 Å². The van der Waals surface area contributed by atoms with Gasteiger partial charge in [-0.15, -0.1) is 0 Å². The fraction of sp³-hybridized carbons (Fsp3) is 0.562. The Balaban J connectivity index is 2.37. The Labute approximate surface area is 121 Å². The second-order valence-corrected chi connectivity index (χ2v) is 6.11. The normalized spacial score (nSPS) is 11.5. The minimum Gasteiger partial charge on any atom is -0.484 e. The molecule has 1 aromatic rings. The molecule has 0 atom stereocenters. The van der Waals surface area contributed by atoms with Crippen molar-refractivity contribution < 1.29 is 14.6 Å². The van der Waals surface area contributed by atoms with Gasteiger partial charge in [0.05, 0.1) is 0 Å². The summed E-state index contributed by atoms with van der Waals surface area (Å²) in [6.45, 7) is 8.49. The van der Waals surface area contributed by atoms with E-state index in [1.165, 1.54) is 5.56 Å². The zero-order chi connectivity index (χ0) is 15.2. The predicted molar refractivity (Wildman–Crippen MR) is 79.9 cm³/mol. The van der Waals surface area contributed by atoms with Crippen molar-refractivity contribution in [3.63, 3.8) is 0 Å². The number of carbonyl (C=O) groups is 1. The van der Waals surface area contributed by atoms with Crippen LogP contribution in [0.25, 0.3) is 0 Å². The molecule has 0 aromatic heterocycles. The zero-order valence-electron chi connectivity index (χ0n) is 12.8. The Morgan fingerprint density at radius 2 is 1.90 bits per heavy atom. The van der Waals surface area contributed by atoms with E-state index in [0.717, 1.165) is 0 Å². The number of rotatable bonds is 7. The zero-order valence-corrected chi connectivity index (χ0v) is 12.8. The molecule has 1 aromatic carbocycles. The number of amides is 1. The van der Waals surface area contributed by atoms with Gasteiger partial charge in [0.2, 0.25) is 0 Å². The third-order valence-corrected chi connectivity index (χ3v) is 3.11. The summed E-state index contributed by atoms with van der Waals surface area (Å²) in [5, 5.41) is 11.9. The number of nitrogens with one attached hydrogen (secondary N) is 1. The molecular formula is C16H25NO3. The Bertz CT molecular complexity index is 424. The molecular weight excluding hydrogens is 254 g/mol. The highest BCUT2D eigenvalue weighted by Gasteiger charge is 2.17. The van der Waals surface area contributed by atoms with Gasteiger partial charge in [-0.25, -0.2) is 0 Å². The molecule has 0 aliphatic carbocycles. The minimum absolute atomic E-state index is 0.0114. The molecule has 0 heterocycles. The molecule has 20 heavy (non-hydrogen) atoms. The third kappa shape index (κ3) is 5.61. The maximum Gasteiger partial charge on any atom is 0.257 e. The lowest BCUT2D eigenvalue weighted by Gasteiger charge is -2.21. The van der Waals surface area contributed by atoms with E-state index in [1.807, 2.05) is 38.1 Å². The van der Waals surface area contributed by atoms with E-state index in [-0.39, 0.29) is 24.5 Å². The van der Waals surface area contributed by atoms with Gasteiger partial charge in [0.15, 0.2) is 6.61 Å². The van der Waals surface area contributed by atoms with Gasteiger partial charge in [-0.05, 0) is 23.6 Å². The molecule has 0 saturated heterocycles. The van der Waals surface area contributed by atoms with E-state index in [0.29, 0.717) is 18.2 Å². The number of carbonyl (C=O) groups excluding carboxylic acids is 1. The van der Waals surface area contributed by atoms with Gasteiger partial charge in [-0.1, -0.05) is 39.8 Å². The highest BCUT2D eigenvalue weighted by Crippen LogP contribution is 2.18. The summed E-state index contributed by atoms with van der Waals surface area (Å²) < 4.78 is 5.43. The van der Waals surface area contributed by atoms with Crippen LogP contribution in [0.2, 0.25) is 0 Å². The van der Waals surface area contributed by atoms with Crippen molar-refractivity contribution in [3.8, 4) is 5.75 Å². The molecule has 0 fully saturated rings. The molecule has 0 aliphatic rings. The van der Waals surface area contributed by atoms with E-state index >= 15 is 0 Å². The third-order valence-electron chi connectivity index (χ3n) is 3.11. The number of hydrogen-bond acceptors (Lipinski definition) is 3. The standard InChI is InChI=1S/C16H25NO3/c1-12(2)13-5-7-14(8-6-13)20-9-15(19)17-10-16(3,4)11-18/h5-8,12,18H,9-11H2,1-4H3,(H,17,19). The summed E-state index contributed by atoms with van der Waals surface area (Å²) >= 11 is 0. The van der Waals surface area contributed by atoms with Gasteiger partial charge >= 0.3 is 0 Å². The summed E-state index contributed by atoms with van der Waals surface area (Å²) in [6.07, 6.45) is 0. The van der Waals surface area contributed by atoms with Crippen LogP contribution in [0.4, 0.5) is 0 Å². The second-order valence-electron chi connectivity index (χ2n) is 6.11. The van der Waals surface area contributed by atoms with Crippen molar-refractivity contribution in [2.75, 3.05) is 19.8 Å². The largest absolute Gasteiger partial charge is 0.484 e. The van der Waals surface area contributed by atoms with Gasteiger partial charge in [-0.3, -0.25) is 4.79 Å². The van der Waals surface area contributed by atoms with E-state index in [4.69, 9.17) is 9.84 Å². The molecule has 1 rings (SSSR count). The summed E-state index contributed by atoms with van der Waals surface area (Å²) in [5.41, 5.74) is 0.931. The van der Waals surface area contributed by atoms with E-state index in [2.05, 4.69) is 19.2 Å². The molecule has 0 spiro atoms. The van der Waals surface area contributed by atoms with Crippen LogP contribution in [0.1, 0.15) is 39.2 Å². The van der Waals surface area contributed by atoms with Gasteiger partial charge in [0.25, 0.3) is 5.91 Å². The predicted octanol–water partition coefficient (Wildman–Crippen LogP) is 2.32. The van der Waals surface area contributed by atoms with Crippen LogP contribution in [0.15, 0.2) is 24.3 Å². The van der Waals surface area contributed by atoms with Gasteiger partial charge in [0.1, 0.15) is 5.75 Å². The monoisotopic (exact) mass is 279 g/mol. The first kappa shape index (κ1) is 16.5. The van der Waals surface area contributed by atoms with Crippen molar-refractivity contribution in [2.45, 2.75) is 33.6 Å². The van der Waals surface area contributed by atoms with Crippen LogP contribution >= 0.6 is 0 Å². The fourth-order valence-electron chi connectivity index (χ4n) is 1.54. The summed E-state index contributed by atoms with van der Waals surface area (Å²) in [7, 11) is 0. The van der Waals surface area contributed by atoms with Crippen LogP contribution in [0, 0.1) is 5.41 Å². The molecule has 0 aliphatic heterocycles. The average Bonchev–Trinajstić information content (AvgIpc) is 2.43. The number of ether oxygens (including phenoxy) is 1. The smallest absolute Gasteiger partial charge is 0.257 e. The molecule has 1 amide bonds. The SMILES string of the molecule is CC(C)c1ccc(OCC(=O)NCC(C)(C)CO)cc1. The van der Waals surface area contributed by atoms with Crippen LogP contribution in [0.3, 0.4) is 0 Å². The lowest BCUT2D eigenvalue weighted by Crippen LogP contribution is -2.38. The number of aliphatic hydroxyl groups excluding tert-OH is 1. The molecule has 112 valence electrons. The van der Waals surface area contributed by atoms with Crippen molar-refractivity contribution in [3.05, 3.63) is 29.8 Å². The highest BCUT2D eigenvalue weighted by atomic mass is 16.5. The number of aliphatic hydroxyl groups is 1. The highest BCUT2D eigenvalue weighted by molar-refractivity contribution is 5.77. The topological polar surface area (TPSA) is 58.6 Å². The maximum atomic E-state index is 11.6. The minimum atomic E-state index is -0.311. The Morgan fingerprint density at radius 1 is 1.30 bits per heavy atom. The van der Waals surface area contributed by atoms with E-state index in [9.17, 15) is 4.79 Å². The Morgan fingerprint density at radius 3 is 2.40 bits per heavy atom. The first-order chi connectivity index (χ1) is 9.34. The number of benzene rings is 1. The quantitative estimate of drug-likeness (QED) is 0.805. The van der Waals surface area contributed by atoms with Crippen LogP contribution < -0.4 is 10.1 Å². The molecule has 0 unspecified atom stereocenters. The lowest BCUT2D eigenvalue weighted by molar-refractivity contribution is -0.123. The molecule has 0 saturated carbocycles.